The number of aliphatic hydroxyl groups is 1. The summed E-state index contributed by atoms with van der Waals surface area (Å²) in [7, 11) is 1.47. The maximum atomic E-state index is 13.8. The van der Waals surface area contributed by atoms with Crippen LogP contribution in [0.1, 0.15) is 17.2 Å². The number of nitrogens with zero attached hydrogens (tertiary/aromatic N) is 1. The number of methoxy groups -OCH3 is 1. The second kappa shape index (κ2) is 8.76. The highest BCUT2D eigenvalue weighted by Crippen LogP contribution is 2.45. The molecule has 162 valence electrons. The third-order valence-corrected chi connectivity index (χ3v) is 6.00. The zero-order valence-electron chi connectivity index (χ0n) is 16.7. The van der Waals surface area contributed by atoms with Crippen molar-refractivity contribution in [2.45, 2.75) is 6.04 Å². The van der Waals surface area contributed by atoms with Crippen molar-refractivity contribution < 1.29 is 23.8 Å². The van der Waals surface area contributed by atoms with E-state index in [0.29, 0.717) is 16.9 Å². The summed E-state index contributed by atoms with van der Waals surface area (Å²) in [6, 6.07) is 16.3. The Hall–Kier alpha value is -3.16. The lowest BCUT2D eigenvalue weighted by atomic mass is 9.94. The third-order valence-electron chi connectivity index (χ3n) is 5.18. The van der Waals surface area contributed by atoms with Crippen LogP contribution in [0.15, 0.2) is 76.8 Å². The fraction of sp³-hybridized carbons (Fsp3) is 0.0833. The smallest absolute Gasteiger partial charge is 0.300 e. The zero-order chi connectivity index (χ0) is 23.0. The van der Waals surface area contributed by atoms with Crippen molar-refractivity contribution in [2.75, 3.05) is 12.0 Å². The molecule has 1 aliphatic rings. The van der Waals surface area contributed by atoms with Crippen LogP contribution in [0.3, 0.4) is 0 Å². The zero-order valence-corrected chi connectivity index (χ0v) is 19.0. The predicted octanol–water partition coefficient (Wildman–Crippen LogP) is 5.88. The Kier molecular flexibility index (Phi) is 6.04. The lowest BCUT2D eigenvalue weighted by Gasteiger charge is -2.26. The maximum absolute atomic E-state index is 13.8. The largest absolute Gasteiger partial charge is 0.507 e. The van der Waals surface area contributed by atoms with Crippen LogP contribution in [0.2, 0.25) is 5.02 Å². The molecular formula is C24H16BrClFNO4. The second-order valence-electron chi connectivity index (χ2n) is 7.02. The van der Waals surface area contributed by atoms with E-state index in [2.05, 4.69) is 15.9 Å². The standard InChI is InChI=1S/C24H16BrClFNO4/c1-32-19-5-3-2-4-16(19)21-20(22(29)13-6-8-14(25)9-7-13)23(30)24(31)28(21)15-10-11-18(27)17(26)12-15/h2-12,21,29H,1H3/b22-20+. The van der Waals surface area contributed by atoms with Gasteiger partial charge in [0.2, 0.25) is 0 Å². The van der Waals surface area contributed by atoms with Gasteiger partial charge in [-0.1, -0.05) is 57.9 Å². The molecule has 1 N–H and O–H groups in total. The monoisotopic (exact) mass is 515 g/mol. The van der Waals surface area contributed by atoms with E-state index < -0.39 is 23.5 Å². The van der Waals surface area contributed by atoms with Crippen LogP contribution in [0, 0.1) is 5.82 Å². The van der Waals surface area contributed by atoms with Gasteiger partial charge in [0.05, 0.1) is 23.7 Å². The molecule has 0 aromatic heterocycles. The molecule has 1 atom stereocenters. The van der Waals surface area contributed by atoms with E-state index in [1.807, 2.05) is 0 Å². The SMILES string of the molecule is COc1ccccc1C1/C(=C(\O)c2ccc(Br)cc2)C(=O)C(=O)N1c1ccc(F)c(Cl)c1. The van der Waals surface area contributed by atoms with Crippen LogP contribution in [-0.2, 0) is 9.59 Å². The number of Topliss-reactive ketones (excluding diaryl/α,β-unsaturated/α-hetero) is 1. The topological polar surface area (TPSA) is 66.8 Å². The van der Waals surface area contributed by atoms with E-state index in [1.54, 1.807) is 48.5 Å². The summed E-state index contributed by atoms with van der Waals surface area (Å²) in [5.41, 5.74) is 0.947. The summed E-state index contributed by atoms with van der Waals surface area (Å²) in [4.78, 5) is 27.5. The number of rotatable bonds is 4. The Bertz CT molecular complexity index is 1260. The Morgan fingerprint density at radius 1 is 1.09 bits per heavy atom. The second-order valence-corrected chi connectivity index (χ2v) is 8.34. The molecule has 1 heterocycles. The number of aliphatic hydroxyl groups excluding tert-OH is 1. The van der Waals surface area contributed by atoms with Crippen LogP contribution >= 0.6 is 27.5 Å². The number of ketones is 1. The summed E-state index contributed by atoms with van der Waals surface area (Å²) < 4.78 is 20.0. The van der Waals surface area contributed by atoms with E-state index in [1.165, 1.54) is 24.1 Å². The molecule has 0 radical (unpaired) electrons. The summed E-state index contributed by atoms with van der Waals surface area (Å²) in [5, 5.41) is 10.9. The quantitative estimate of drug-likeness (QED) is 0.267. The fourth-order valence-corrected chi connectivity index (χ4v) is 4.12. The summed E-state index contributed by atoms with van der Waals surface area (Å²) in [6.45, 7) is 0. The van der Waals surface area contributed by atoms with Gasteiger partial charge in [-0.05, 0) is 36.4 Å². The Labute approximate surface area is 196 Å². The predicted molar refractivity (Wildman–Crippen MR) is 123 cm³/mol. The Morgan fingerprint density at radius 3 is 2.44 bits per heavy atom. The molecular weight excluding hydrogens is 501 g/mol. The van der Waals surface area contributed by atoms with Crippen molar-refractivity contribution in [3.63, 3.8) is 0 Å². The number of carbonyl (C=O) groups excluding carboxylic acids is 2. The van der Waals surface area contributed by atoms with Crippen LogP contribution in [0.25, 0.3) is 5.76 Å². The van der Waals surface area contributed by atoms with Gasteiger partial charge in [0.25, 0.3) is 11.7 Å². The number of anilines is 1. The first-order chi connectivity index (χ1) is 15.3. The van der Waals surface area contributed by atoms with Crippen LogP contribution in [0.5, 0.6) is 5.75 Å². The van der Waals surface area contributed by atoms with Crippen LogP contribution in [0.4, 0.5) is 10.1 Å². The number of halogens is 3. The maximum Gasteiger partial charge on any atom is 0.300 e. The molecule has 4 rings (SSSR count). The molecule has 5 nitrogen and oxygen atoms in total. The summed E-state index contributed by atoms with van der Waals surface area (Å²) >= 11 is 9.28. The van der Waals surface area contributed by atoms with Crippen molar-refractivity contribution in [1.29, 1.82) is 0 Å². The third kappa shape index (κ3) is 3.78. The summed E-state index contributed by atoms with van der Waals surface area (Å²) in [5.74, 6) is -2.32. The average Bonchev–Trinajstić information content (AvgIpc) is 3.06. The first kappa shape index (κ1) is 22.0. The molecule has 0 spiro atoms. The van der Waals surface area contributed by atoms with Gasteiger partial charge in [-0.15, -0.1) is 0 Å². The molecule has 1 amide bonds. The van der Waals surface area contributed by atoms with E-state index >= 15 is 0 Å². The summed E-state index contributed by atoms with van der Waals surface area (Å²) in [6.07, 6.45) is 0. The normalized spacial score (nSPS) is 17.6. The number of hydrogen-bond donors (Lipinski definition) is 1. The number of ether oxygens (including phenoxy) is 1. The first-order valence-corrected chi connectivity index (χ1v) is 10.7. The minimum absolute atomic E-state index is 0.109. The lowest BCUT2D eigenvalue weighted by Crippen LogP contribution is -2.29. The van der Waals surface area contributed by atoms with Crippen molar-refractivity contribution in [3.8, 4) is 5.75 Å². The van der Waals surface area contributed by atoms with Gasteiger partial charge < -0.3 is 9.84 Å². The Morgan fingerprint density at radius 2 is 1.78 bits per heavy atom. The van der Waals surface area contributed by atoms with Crippen molar-refractivity contribution in [1.82, 2.24) is 0 Å². The number of amides is 1. The highest BCUT2D eigenvalue weighted by Gasteiger charge is 2.48. The van der Waals surface area contributed by atoms with Gasteiger partial charge in [0.1, 0.15) is 17.3 Å². The van der Waals surface area contributed by atoms with Crippen molar-refractivity contribution >= 4 is 50.7 Å². The number of benzene rings is 3. The molecule has 8 heteroatoms. The molecule has 0 aliphatic carbocycles. The minimum atomic E-state index is -1.02. The minimum Gasteiger partial charge on any atom is -0.507 e. The molecule has 3 aromatic rings. The number of carbonyl (C=O) groups is 2. The highest BCUT2D eigenvalue weighted by atomic mass is 79.9. The van der Waals surface area contributed by atoms with Crippen LogP contribution < -0.4 is 9.64 Å². The van der Waals surface area contributed by atoms with Gasteiger partial charge in [-0.25, -0.2) is 4.39 Å². The van der Waals surface area contributed by atoms with Crippen molar-refractivity contribution in [2.24, 2.45) is 0 Å². The van der Waals surface area contributed by atoms with E-state index in [-0.39, 0.29) is 22.0 Å². The van der Waals surface area contributed by atoms with Gasteiger partial charge >= 0.3 is 0 Å². The molecule has 1 saturated heterocycles. The molecule has 32 heavy (non-hydrogen) atoms. The first-order valence-electron chi connectivity index (χ1n) is 9.48. The van der Waals surface area contributed by atoms with Gasteiger partial charge in [-0.2, -0.15) is 0 Å². The molecule has 1 fully saturated rings. The van der Waals surface area contributed by atoms with Crippen molar-refractivity contribution in [3.05, 3.63) is 98.7 Å². The van der Waals surface area contributed by atoms with Gasteiger partial charge in [0.15, 0.2) is 0 Å². The Balaban J connectivity index is 1.99. The number of hydrogen-bond acceptors (Lipinski definition) is 4. The molecule has 1 unspecified atom stereocenters. The lowest BCUT2D eigenvalue weighted by molar-refractivity contribution is -0.132. The van der Waals surface area contributed by atoms with Gasteiger partial charge in [-0.3, -0.25) is 14.5 Å². The average molecular weight is 517 g/mol. The molecule has 1 aliphatic heterocycles. The van der Waals surface area contributed by atoms with Gasteiger partial charge in [0, 0.05) is 21.3 Å². The molecule has 3 aromatic carbocycles. The molecule has 0 bridgehead atoms. The number of para-hydroxylation sites is 1. The molecule has 0 saturated carbocycles. The van der Waals surface area contributed by atoms with Crippen LogP contribution in [-0.4, -0.2) is 23.9 Å². The van der Waals surface area contributed by atoms with E-state index in [0.717, 1.165) is 10.5 Å². The fourth-order valence-electron chi connectivity index (χ4n) is 3.68. The van der Waals surface area contributed by atoms with E-state index in [9.17, 15) is 19.1 Å². The van der Waals surface area contributed by atoms with E-state index in [4.69, 9.17) is 16.3 Å². The highest BCUT2D eigenvalue weighted by molar-refractivity contribution is 9.10.